The van der Waals surface area contributed by atoms with E-state index in [0.717, 1.165) is 16.8 Å². The number of carbonyl (C=O) groups excluding carboxylic acids is 1. The molecule has 5 rings (SSSR count). The predicted molar refractivity (Wildman–Crippen MR) is 120 cm³/mol. The fourth-order valence-electron chi connectivity index (χ4n) is 4.20. The normalized spacial score (nSPS) is 16.6. The number of oxazole rings is 1. The molecule has 0 bridgehead atoms. The van der Waals surface area contributed by atoms with E-state index >= 15 is 0 Å². The molecule has 1 fully saturated rings. The average Bonchev–Trinajstić information content (AvgIpc) is 3.45. The Hall–Kier alpha value is -3.68. The lowest BCUT2D eigenvalue weighted by Crippen LogP contribution is -2.24. The molecule has 32 heavy (non-hydrogen) atoms. The van der Waals surface area contributed by atoms with Crippen LogP contribution in [0.1, 0.15) is 49.2 Å². The Balaban J connectivity index is 1.41. The first-order valence-corrected chi connectivity index (χ1v) is 10.7. The standard InChI is InChI=1S/C24H24N4O4/c1-13(2)28-19-8-6-16(10-20(19)31-24(28)30)22-25-23(32-26-22)17-11-21(29)27(12-17)18-7-5-14(3)15(4)9-18/h5-10,13,17H,11-12H2,1-4H3/t17-/m0/s1. The van der Waals surface area contributed by atoms with Crippen molar-refractivity contribution in [3.8, 4) is 11.4 Å². The second-order valence-corrected chi connectivity index (χ2v) is 8.64. The molecule has 2 aromatic heterocycles. The van der Waals surface area contributed by atoms with Gasteiger partial charge in [0, 0.05) is 30.3 Å². The van der Waals surface area contributed by atoms with Gasteiger partial charge in [-0.05, 0) is 69.2 Å². The third-order valence-corrected chi connectivity index (χ3v) is 6.11. The fourth-order valence-corrected chi connectivity index (χ4v) is 4.20. The van der Waals surface area contributed by atoms with Gasteiger partial charge in [0.2, 0.25) is 17.6 Å². The van der Waals surface area contributed by atoms with Gasteiger partial charge in [-0.15, -0.1) is 0 Å². The Morgan fingerprint density at radius 3 is 2.62 bits per heavy atom. The molecule has 0 N–H and O–H groups in total. The van der Waals surface area contributed by atoms with Gasteiger partial charge in [0.05, 0.1) is 11.4 Å². The van der Waals surface area contributed by atoms with E-state index in [0.29, 0.717) is 35.8 Å². The van der Waals surface area contributed by atoms with Crippen LogP contribution in [-0.4, -0.2) is 27.2 Å². The number of aromatic nitrogens is 3. The van der Waals surface area contributed by atoms with Crippen molar-refractivity contribution < 1.29 is 13.7 Å². The van der Waals surface area contributed by atoms with Gasteiger partial charge in [0.25, 0.3) is 0 Å². The van der Waals surface area contributed by atoms with Crippen molar-refractivity contribution in [3.63, 3.8) is 0 Å². The summed E-state index contributed by atoms with van der Waals surface area (Å²) in [5.41, 5.74) is 5.11. The van der Waals surface area contributed by atoms with E-state index < -0.39 is 5.76 Å². The van der Waals surface area contributed by atoms with E-state index in [1.165, 1.54) is 5.56 Å². The largest absolute Gasteiger partial charge is 0.420 e. The number of benzene rings is 2. The fraction of sp³-hybridized carbons (Fsp3) is 0.333. The lowest BCUT2D eigenvalue weighted by molar-refractivity contribution is -0.117. The van der Waals surface area contributed by atoms with Crippen molar-refractivity contribution in [2.75, 3.05) is 11.4 Å². The van der Waals surface area contributed by atoms with Crippen molar-refractivity contribution >= 4 is 22.7 Å². The Kier molecular flexibility index (Phi) is 4.73. The third-order valence-electron chi connectivity index (χ3n) is 6.11. The first-order chi connectivity index (χ1) is 15.3. The number of rotatable bonds is 4. The van der Waals surface area contributed by atoms with Crippen molar-refractivity contribution in [1.29, 1.82) is 0 Å². The zero-order valence-electron chi connectivity index (χ0n) is 18.5. The number of carbonyl (C=O) groups is 1. The van der Waals surface area contributed by atoms with Crippen LogP contribution in [-0.2, 0) is 4.79 Å². The van der Waals surface area contributed by atoms with Gasteiger partial charge in [-0.3, -0.25) is 9.36 Å². The summed E-state index contributed by atoms with van der Waals surface area (Å²) in [6, 6.07) is 11.4. The zero-order chi connectivity index (χ0) is 22.6. The highest BCUT2D eigenvalue weighted by atomic mass is 16.5. The molecule has 164 valence electrons. The molecule has 1 aliphatic heterocycles. The first-order valence-electron chi connectivity index (χ1n) is 10.7. The topological polar surface area (TPSA) is 94.4 Å². The Labute approximate surface area is 184 Å². The zero-order valence-corrected chi connectivity index (χ0v) is 18.5. The van der Waals surface area contributed by atoms with E-state index in [2.05, 4.69) is 10.1 Å². The van der Waals surface area contributed by atoms with Crippen LogP contribution in [0, 0.1) is 13.8 Å². The SMILES string of the molecule is Cc1ccc(N2C[C@@H](c3nc(-c4ccc5c(c4)oc(=O)n5C(C)C)no3)CC2=O)cc1C. The summed E-state index contributed by atoms with van der Waals surface area (Å²) in [5, 5.41) is 4.11. The summed E-state index contributed by atoms with van der Waals surface area (Å²) >= 11 is 0. The highest BCUT2D eigenvalue weighted by molar-refractivity contribution is 5.96. The van der Waals surface area contributed by atoms with E-state index in [1.54, 1.807) is 15.5 Å². The van der Waals surface area contributed by atoms with Gasteiger partial charge in [-0.25, -0.2) is 4.79 Å². The minimum atomic E-state index is -0.392. The van der Waals surface area contributed by atoms with Gasteiger partial charge >= 0.3 is 5.76 Å². The molecule has 1 amide bonds. The molecule has 0 aliphatic carbocycles. The van der Waals surface area contributed by atoms with E-state index in [-0.39, 0.29) is 17.9 Å². The van der Waals surface area contributed by atoms with Gasteiger partial charge in [0.15, 0.2) is 5.58 Å². The second-order valence-electron chi connectivity index (χ2n) is 8.64. The summed E-state index contributed by atoms with van der Waals surface area (Å²) in [5.74, 6) is 0.307. The molecule has 0 unspecified atom stereocenters. The van der Waals surface area contributed by atoms with Crippen LogP contribution < -0.4 is 10.7 Å². The van der Waals surface area contributed by atoms with Crippen molar-refractivity contribution in [3.05, 3.63) is 64.0 Å². The van der Waals surface area contributed by atoms with Crippen LogP contribution in [0.2, 0.25) is 0 Å². The molecule has 8 nitrogen and oxygen atoms in total. The Bertz CT molecular complexity index is 1390. The number of fused-ring (bicyclic) bond motifs is 1. The van der Waals surface area contributed by atoms with Crippen LogP contribution in [0.15, 0.2) is 50.1 Å². The third kappa shape index (κ3) is 3.32. The van der Waals surface area contributed by atoms with Gasteiger partial charge in [-0.1, -0.05) is 11.2 Å². The summed E-state index contributed by atoms with van der Waals surface area (Å²) in [6.45, 7) is 8.44. The summed E-state index contributed by atoms with van der Waals surface area (Å²) < 4.78 is 12.5. The quantitative estimate of drug-likeness (QED) is 0.475. The molecule has 2 aromatic carbocycles. The molecule has 0 radical (unpaired) electrons. The maximum absolute atomic E-state index is 12.7. The number of hydrogen-bond donors (Lipinski definition) is 0. The van der Waals surface area contributed by atoms with Gasteiger partial charge < -0.3 is 13.8 Å². The lowest BCUT2D eigenvalue weighted by atomic mass is 10.1. The molecular formula is C24H24N4O4. The van der Waals surface area contributed by atoms with Crippen molar-refractivity contribution in [2.45, 2.75) is 46.1 Å². The highest BCUT2D eigenvalue weighted by Crippen LogP contribution is 2.33. The lowest BCUT2D eigenvalue weighted by Gasteiger charge is -2.17. The molecule has 4 aromatic rings. The Morgan fingerprint density at radius 2 is 1.88 bits per heavy atom. The monoisotopic (exact) mass is 432 g/mol. The van der Waals surface area contributed by atoms with E-state index in [9.17, 15) is 9.59 Å². The van der Waals surface area contributed by atoms with Crippen LogP contribution in [0.4, 0.5) is 5.69 Å². The summed E-state index contributed by atoms with van der Waals surface area (Å²) in [4.78, 5) is 31.1. The molecule has 1 atom stereocenters. The number of hydrogen-bond acceptors (Lipinski definition) is 6. The summed E-state index contributed by atoms with van der Waals surface area (Å²) in [6.07, 6.45) is 0.319. The van der Waals surface area contributed by atoms with Crippen LogP contribution in [0.3, 0.4) is 0 Å². The number of aryl methyl sites for hydroxylation is 2. The number of anilines is 1. The molecular weight excluding hydrogens is 408 g/mol. The molecule has 3 heterocycles. The van der Waals surface area contributed by atoms with Crippen molar-refractivity contribution in [2.24, 2.45) is 0 Å². The molecule has 1 saturated heterocycles. The maximum atomic E-state index is 12.7. The van der Waals surface area contributed by atoms with Gasteiger partial charge in [0.1, 0.15) is 0 Å². The van der Waals surface area contributed by atoms with Crippen LogP contribution in [0.25, 0.3) is 22.5 Å². The minimum Gasteiger partial charge on any atom is -0.408 e. The molecule has 0 saturated carbocycles. The summed E-state index contributed by atoms with van der Waals surface area (Å²) in [7, 11) is 0. The van der Waals surface area contributed by atoms with E-state index in [4.69, 9.17) is 8.94 Å². The van der Waals surface area contributed by atoms with Gasteiger partial charge in [-0.2, -0.15) is 4.98 Å². The average molecular weight is 432 g/mol. The molecule has 1 aliphatic rings. The molecule has 0 spiro atoms. The maximum Gasteiger partial charge on any atom is 0.420 e. The highest BCUT2D eigenvalue weighted by Gasteiger charge is 2.35. The van der Waals surface area contributed by atoms with Crippen molar-refractivity contribution in [1.82, 2.24) is 14.7 Å². The minimum absolute atomic E-state index is 0.00783. The predicted octanol–water partition coefficient (Wildman–Crippen LogP) is 4.36. The first kappa shape index (κ1) is 20.2. The van der Waals surface area contributed by atoms with Crippen LogP contribution in [0.5, 0.6) is 0 Å². The second kappa shape index (κ2) is 7.47. The van der Waals surface area contributed by atoms with Crippen LogP contribution >= 0.6 is 0 Å². The Morgan fingerprint density at radius 1 is 1.06 bits per heavy atom. The van der Waals surface area contributed by atoms with E-state index in [1.807, 2.05) is 58.0 Å². The number of amides is 1. The molecule has 8 heteroatoms. The smallest absolute Gasteiger partial charge is 0.408 e. The number of nitrogens with zero attached hydrogens (tertiary/aromatic N) is 4.